The molecule has 0 radical (unpaired) electrons. The van der Waals surface area contributed by atoms with E-state index in [-0.39, 0.29) is 11.2 Å². The summed E-state index contributed by atoms with van der Waals surface area (Å²) in [6, 6.07) is 4.90. The molecule has 2 atom stereocenters. The minimum atomic E-state index is -0.128. The van der Waals surface area contributed by atoms with E-state index < -0.39 is 0 Å². The molecule has 2 aliphatic carbocycles. The van der Waals surface area contributed by atoms with Crippen molar-refractivity contribution in [2.75, 3.05) is 26.8 Å². The zero-order valence-corrected chi connectivity index (χ0v) is 13.3. The maximum absolute atomic E-state index is 14.0. The molecule has 0 bridgehead atoms. The molecule has 1 aromatic carbocycles. The molecule has 4 heteroatoms. The summed E-state index contributed by atoms with van der Waals surface area (Å²) in [5.41, 5.74) is 0.949. The van der Waals surface area contributed by atoms with Gasteiger partial charge in [0.2, 0.25) is 0 Å². The van der Waals surface area contributed by atoms with Gasteiger partial charge in [-0.3, -0.25) is 0 Å². The fraction of sp³-hybridized carbons (Fsp3) is 0.647. The zero-order chi connectivity index (χ0) is 14.9. The van der Waals surface area contributed by atoms with E-state index in [2.05, 4.69) is 5.32 Å². The molecule has 1 N–H and O–H groups in total. The standard InChI is InChI=1S/C17H23ClFNO/c1-21-5-4-20-11-17(8-12-6-13(12)9-17)10-14-7-15(18)2-3-16(14)19/h2-3,7,12-13,20H,4-6,8-11H2,1H3. The Kier molecular flexibility index (Phi) is 4.53. The summed E-state index contributed by atoms with van der Waals surface area (Å²) in [6.45, 7) is 2.51. The largest absolute Gasteiger partial charge is 0.383 e. The lowest BCUT2D eigenvalue weighted by atomic mass is 9.77. The lowest BCUT2D eigenvalue weighted by Gasteiger charge is -2.32. The van der Waals surface area contributed by atoms with E-state index in [1.807, 2.05) is 0 Å². The third-order valence-corrected chi connectivity index (χ3v) is 5.25. The zero-order valence-electron chi connectivity index (χ0n) is 12.5. The summed E-state index contributed by atoms with van der Waals surface area (Å²) < 4.78 is 19.1. The van der Waals surface area contributed by atoms with E-state index in [0.29, 0.717) is 11.6 Å². The van der Waals surface area contributed by atoms with Gasteiger partial charge < -0.3 is 10.1 Å². The lowest BCUT2D eigenvalue weighted by Crippen LogP contribution is -2.36. The van der Waals surface area contributed by atoms with E-state index in [1.165, 1.54) is 25.3 Å². The monoisotopic (exact) mass is 311 g/mol. The quantitative estimate of drug-likeness (QED) is 0.776. The number of halogens is 2. The summed E-state index contributed by atoms with van der Waals surface area (Å²) in [5.74, 6) is 1.61. The number of hydrogen-bond acceptors (Lipinski definition) is 2. The van der Waals surface area contributed by atoms with Crippen molar-refractivity contribution in [3.63, 3.8) is 0 Å². The Balaban J connectivity index is 1.69. The van der Waals surface area contributed by atoms with Gasteiger partial charge in [0.15, 0.2) is 0 Å². The van der Waals surface area contributed by atoms with Crippen LogP contribution in [0.2, 0.25) is 5.02 Å². The first-order valence-corrected chi connectivity index (χ1v) is 8.13. The van der Waals surface area contributed by atoms with Gasteiger partial charge in [-0.2, -0.15) is 0 Å². The second kappa shape index (κ2) is 6.23. The Morgan fingerprint density at radius 1 is 1.38 bits per heavy atom. The first kappa shape index (κ1) is 15.3. The third-order valence-electron chi connectivity index (χ3n) is 5.02. The van der Waals surface area contributed by atoms with Crippen molar-refractivity contribution in [1.82, 2.24) is 5.32 Å². The second-order valence-electron chi connectivity index (χ2n) is 6.75. The van der Waals surface area contributed by atoms with Crippen molar-refractivity contribution < 1.29 is 9.13 Å². The first-order valence-electron chi connectivity index (χ1n) is 7.75. The Morgan fingerprint density at radius 3 is 2.86 bits per heavy atom. The second-order valence-corrected chi connectivity index (χ2v) is 7.18. The van der Waals surface area contributed by atoms with Crippen LogP contribution < -0.4 is 5.32 Å². The molecule has 0 saturated heterocycles. The Hall–Kier alpha value is -0.640. The number of ether oxygens (including phenoxy) is 1. The fourth-order valence-electron chi connectivity index (χ4n) is 3.97. The maximum atomic E-state index is 14.0. The molecular weight excluding hydrogens is 289 g/mol. The number of hydrogen-bond donors (Lipinski definition) is 1. The van der Waals surface area contributed by atoms with Crippen LogP contribution in [-0.4, -0.2) is 26.8 Å². The number of methoxy groups -OCH3 is 1. The van der Waals surface area contributed by atoms with Crippen LogP contribution in [0.25, 0.3) is 0 Å². The molecular formula is C17H23ClFNO. The minimum absolute atomic E-state index is 0.128. The normalized spacial score (nSPS) is 30.4. The number of benzene rings is 1. The van der Waals surface area contributed by atoms with Crippen LogP contribution in [0.5, 0.6) is 0 Å². The molecule has 0 heterocycles. The molecule has 1 aromatic rings. The summed E-state index contributed by atoms with van der Waals surface area (Å²) in [7, 11) is 1.71. The van der Waals surface area contributed by atoms with Crippen LogP contribution >= 0.6 is 11.6 Å². The van der Waals surface area contributed by atoms with Crippen molar-refractivity contribution in [2.24, 2.45) is 17.3 Å². The summed E-state index contributed by atoms with van der Waals surface area (Å²) in [6.07, 6.45) is 4.58. The molecule has 3 rings (SSSR count). The highest BCUT2D eigenvalue weighted by Gasteiger charge is 2.53. The van der Waals surface area contributed by atoms with E-state index in [0.717, 1.165) is 36.9 Å². The van der Waals surface area contributed by atoms with E-state index in [4.69, 9.17) is 16.3 Å². The van der Waals surface area contributed by atoms with Gasteiger partial charge in [0.25, 0.3) is 0 Å². The molecule has 0 aromatic heterocycles. The average Bonchev–Trinajstić information content (AvgIpc) is 3.07. The summed E-state index contributed by atoms with van der Waals surface area (Å²) >= 11 is 6.03. The summed E-state index contributed by atoms with van der Waals surface area (Å²) in [4.78, 5) is 0. The highest BCUT2D eigenvalue weighted by atomic mass is 35.5. The van der Waals surface area contributed by atoms with Crippen LogP contribution in [0.3, 0.4) is 0 Å². The first-order chi connectivity index (χ1) is 10.1. The van der Waals surface area contributed by atoms with Gasteiger partial charge in [-0.15, -0.1) is 0 Å². The third kappa shape index (κ3) is 3.58. The van der Waals surface area contributed by atoms with Crippen molar-refractivity contribution in [3.05, 3.63) is 34.6 Å². The minimum Gasteiger partial charge on any atom is -0.383 e. The Bertz CT molecular complexity index is 498. The highest BCUT2D eigenvalue weighted by molar-refractivity contribution is 6.30. The molecule has 2 saturated carbocycles. The van der Waals surface area contributed by atoms with Gasteiger partial charge in [-0.05, 0) is 66.7 Å². The van der Waals surface area contributed by atoms with Crippen molar-refractivity contribution in [3.8, 4) is 0 Å². The predicted molar refractivity (Wildman–Crippen MR) is 83.1 cm³/mol. The number of fused-ring (bicyclic) bond motifs is 1. The number of nitrogens with one attached hydrogen (secondary N) is 1. The van der Waals surface area contributed by atoms with Crippen molar-refractivity contribution in [1.29, 1.82) is 0 Å². The molecule has 0 aliphatic heterocycles. The smallest absolute Gasteiger partial charge is 0.126 e. The molecule has 0 spiro atoms. The Morgan fingerprint density at radius 2 is 2.14 bits per heavy atom. The van der Waals surface area contributed by atoms with Crippen LogP contribution in [0.15, 0.2) is 18.2 Å². The predicted octanol–water partition coefficient (Wildman–Crippen LogP) is 3.67. The van der Waals surface area contributed by atoms with Gasteiger partial charge >= 0.3 is 0 Å². The topological polar surface area (TPSA) is 21.3 Å². The number of rotatable bonds is 7. The lowest BCUT2D eigenvalue weighted by molar-refractivity contribution is 0.186. The maximum Gasteiger partial charge on any atom is 0.126 e. The molecule has 2 fully saturated rings. The van der Waals surface area contributed by atoms with E-state index in [1.54, 1.807) is 19.2 Å². The Labute approximate surface area is 131 Å². The van der Waals surface area contributed by atoms with Gasteiger partial charge in [-0.25, -0.2) is 4.39 Å². The molecule has 0 amide bonds. The molecule has 2 aliphatic rings. The molecule has 21 heavy (non-hydrogen) atoms. The van der Waals surface area contributed by atoms with Gasteiger partial charge in [0.1, 0.15) is 5.82 Å². The van der Waals surface area contributed by atoms with Crippen LogP contribution in [0.1, 0.15) is 24.8 Å². The van der Waals surface area contributed by atoms with Crippen LogP contribution in [0.4, 0.5) is 4.39 Å². The summed E-state index contributed by atoms with van der Waals surface area (Å²) in [5, 5.41) is 4.11. The van der Waals surface area contributed by atoms with E-state index >= 15 is 0 Å². The van der Waals surface area contributed by atoms with Gasteiger partial charge in [0, 0.05) is 25.2 Å². The van der Waals surface area contributed by atoms with Gasteiger partial charge in [-0.1, -0.05) is 11.6 Å². The molecule has 116 valence electrons. The average molecular weight is 312 g/mol. The van der Waals surface area contributed by atoms with E-state index in [9.17, 15) is 4.39 Å². The molecule has 2 unspecified atom stereocenters. The fourth-order valence-corrected chi connectivity index (χ4v) is 4.16. The van der Waals surface area contributed by atoms with Crippen molar-refractivity contribution >= 4 is 11.6 Å². The van der Waals surface area contributed by atoms with Crippen LogP contribution in [0, 0.1) is 23.1 Å². The van der Waals surface area contributed by atoms with Crippen LogP contribution in [-0.2, 0) is 11.2 Å². The van der Waals surface area contributed by atoms with Gasteiger partial charge in [0.05, 0.1) is 6.61 Å². The highest BCUT2D eigenvalue weighted by Crippen LogP contribution is 2.60. The SMILES string of the molecule is COCCNCC1(Cc2cc(Cl)ccc2F)CC2CC2C1. The molecule has 2 nitrogen and oxygen atoms in total. The van der Waals surface area contributed by atoms with Crippen molar-refractivity contribution in [2.45, 2.75) is 25.7 Å².